The lowest BCUT2D eigenvalue weighted by Crippen LogP contribution is -2.54. The Labute approximate surface area is 156 Å². The van der Waals surface area contributed by atoms with Crippen LogP contribution in [0.15, 0.2) is 0 Å². The molecule has 4 atom stereocenters. The monoisotopic (exact) mass is 363 g/mol. The number of nitrogens with zero attached hydrogens (tertiary/aromatic N) is 3. The fourth-order valence-electron chi connectivity index (χ4n) is 6.07. The van der Waals surface area contributed by atoms with Crippen molar-refractivity contribution in [1.29, 1.82) is 0 Å². The molecule has 2 saturated carbocycles. The Hall–Kier alpha value is -1.30. The minimum absolute atomic E-state index is 0.142. The fraction of sp³-hybridized carbons (Fsp3) is 0.900. The number of rotatable bonds is 5. The fourth-order valence-corrected chi connectivity index (χ4v) is 6.07. The maximum Gasteiger partial charge on any atom is 0.409 e. The number of hydrogen-bond acceptors (Lipinski definition) is 4. The number of amides is 2. The summed E-state index contributed by atoms with van der Waals surface area (Å²) in [7, 11) is 0. The van der Waals surface area contributed by atoms with Crippen molar-refractivity contribution in [2.45, 2.75) is 39.7 Å². The van der Waals surface area contributed by atoms with Crippen LogP contribution in [0.5, 0.6) is 0 Å². The van der Waals surface area contributed by atoms with Gasteiger partial charge in [0, 0.05) is 51.2 Å². The number of hydrogen-bond donors (Lipinski definition) is 0. The predicted molar refractivity (Wildman–Crippen MR) is 98.6 cm³/mol. The summed E-state index contributed by atoms with van der Waals surface area (Å²) in [4.78, 5) is 31.3. The van der Waals surface area contributed by atoms with Crippen molar-refractivity contribution in [3.8, 4) is 0 Å². The first-order valence-corrected chi connectivity index (χ1v) is 10.5. The van der Waals surface area contributed by atoms with Crippen LogP contribution in [0.3, 0.4) is 0 Å². The van der Waals surface area contributed by atoms with Gasteiger partial charge in [0.1, 0.15) is 0 Å². The zero-order chi connectivity index (χ0) is 18.4. The van der Waals surface area contributed by atoms with Gasteiger partial charge in [-0.05, 0) is 57.3 Å². The molecule has 2 aliphatic heterocycles. The van der Waals surface area contributed by atoms with E-state index in [2.05, 4.69) is 18.7 Å². The third-order valence-corrected chi connectivity index (χ3v) is 7.31. The Kier molecular flexibility index (Phi) is 4.88. The summed E-state index contributed by atoms with van der Waals surface area (Å²) in [6, 6.07) is 0.609. The molecule has 0 aromatic carbocycles. The molecule has 2 heterocycles. The minimum atomic E-state index is -0.142. The van der Waals surface area contributed by atoms with Crippen LogP contribution < -0.4 is 0 Å². The van der Waals surface area contributed by atoms with Gasteiger partial charge in [-0.15, -0.1) is 0 Å². The highest BCUT2D eigenvalue weighted by Gasteiger charge is 2.62. The molecule has 0 radical (unpaired) electrons. The second kappa shape index (κ2) is 7.02. The number of piperidine rings is 2. The molecule has 4 aliphatic rings. The average molecular weight is 364 g/mol. The van der Waals surface area contributed by atoms with Gasteiger partial charge in [-0.25, -0.2) is 4.79 Å². The molecule has 0 aromatic heterocycles. The van der Waals surface area contributed by atoms with Crippen molar-refractivity contribution in [2.75, 3.05) is 45.9 Å². The average Bonchev–Trinajstić information content (AvgIpc) is 3.00. The Balaban J connectivity index is 1.33. The third kappa shape index (κ3) is 2.90. The molecular weight excluding hydrogens is 330 g/mol. The van der Waals surface area contributed by atoms with E-state index in [1.165, 1.54) is 12.8 Å². The topological polar surface area (TPSA) is 53.1 Å². The molecule has 2 aliphatic carbocycles. The molecule has 2 amide bonds. The van der Waals surface area contributed by atoms with Crippen molar-refractivity contribution in [1.82, 2.24) is 14.7 Å². The molecule has 6 heteroatoms. The third-order valence-electron chi connectivity index (χ3n) is 7.31. The van der Waals surface area contributed by atoms with Crippen molar-refractivity contribution in [3.63, 3.8) is 0 Å². The number of fused-ring (bicyclic) bond motifs is 3. The van der Waals surface area contributed by atoms with E-state index >= 15 is 0 Å². The van der Waals surface area contributed by atoms with Crippen molar-refractivity contribution in [2.24, 2.45) is 29.6 Å². The highest BCUT2D eigenvalue weighted by molar-refractivity contribution is 5.82. The molecule has 2 saturated heterocycles. The van der Waals surface area contributed by atoms with E-state index in [-0.39, 0.29) is 12.0 Å². The Morgan fingerprint density at radius 3 is 2.04 bits per heavy atom. The molecule has 0 aromatic rings. The Morgan fingerprint density at radius 2 is 1.54 bits per heavy atom. The molecule has 2 bridgehead atoms. The summed E-state index contributed by atoms with van der Waals surface area (Å²) in [5, 5.41) is 0. The van der Waals surface area contributed by atoms with Gasteiger partial charge >= 0.3 is 6.09 Å². The van der Waals surface area contributed by atoms with Gasteiger partial charge < -0.3 is 14.5 Å². The largest absolute Gasteiger partial charge is 0.450 e. The predicted octanol–water partition coefficient (Wildman–Crippen LogP) is 1.90. The molecule has 4 unspecified atom stereocenters. The summed E-state index contributed by atoms with van der Waals surface area (Å²) < 4.78 is 5.21. The van der Waals surface area contributed by atoms with E-state index in [1.54, 1.807) is 0 Å². The number of carbonyl (C=O) groups excluding carboxylic acids is 2. The van der Waals surface area contributed by atoms with E-state index in [9.17, 15) is 9.59 Å². The molecule has 4 rings (SSSR count). The van der Waals surface area contributed by atoms with Crippen molar-refractivity contribution in [3.05, 3.63) is 0 Å². The van der Waals surface area contributed by atoms with Gasteiger partial charge in [0.15, 0.2) is 0 Å². The van der Waals surface area contributed by atoms with Gasteiger partial charge in [-0.2, -0.15) is 0 Å². The second-order valence-electron chi connectivity index (χ2n) is 8.51. The highest BCUT2D eigenvalue weighted by atomic mass is 16.6. The number of ether oxygens (including phenoxy) is 1. The first-order valence-electron chi connectivity index (χ1n) is 10.5. The van der Waals surface area contributed by atoms with Gasteiger partial charge in [0.2, 0.25) is 5.91 Å². The Morgan fingerprint density at radius 1 is 0.962 bits per heavy atom. The van der Waals surface area contributed by atoms with Crippen LogP contribution in [-0.2, 0) is 9.53 Å². The molecule has 146 valence electrons. The Bertz CT molecular complexity index is 539. The van der Waals surface area contributed by atoms with Crippen LogP contribution in [0.4, 0.5) is 4.79 Å². The van der Waals surface area contributed by atoms with Crippen molar-refractivity contribution >= 4 is 12.0 Å². The number of carbonyl (C=O) groups is 2. The van der Waals surface area contributed by atoms with E-state index in [4.69, 9.17) is 4.74 Å². The summed E-state index contributed by atoms with van der Waals surface area (Å²) in [6.45, 7) is 12.0. The van der Waals surface area contributed by atoms with Gasteiger partial charge in [-0.1, -0.05) is 0 Å². The van der Waals surface area contributed by atoms with Crippen LogP contribution in [0.2, 0.25) is 0 Å². The van der Waals surface area contributed by atoms with E-state index in [1.807, 2.05) is 16.7 Å². The molecule has 4 fully saturated rings. The van der Waals surface area contributed by atoms with Crippen LogP contribution in [0.1, 0.15) is 33.6 Å². The molecule has 0 N–H and O–H groups in total. The normalized spacial score (nSPS) is 38.2. The lowest BCUT2D eigenvalue weighted by molar-refractivity contribution is -0.133. The summed E-state index contributed by atoms with van der Waals surface area (Å²) in [5.41, 5.74) is 0. The first kappa shape index (κ1) is 18.1. The van der Waals surface area contributed by atoms with Crippen molar-refractivity contribution < 1.29 is 14.3 Å². The van der Waals surface area contributed by atoms with E-state index in [0.717, 1.165) is 39.3 Å². The summed E-state index contributed by atoms with van der Waals surface area (Å²) >= 11 is 0. The standard InChI is InChI=1S/C20H33N3O3/c1-4-21(5-2)19(24)17-15-11-22(12-16(15)17)18-13-7-8-14(18)10-23(9-13)20(25)26-6-3/h13-18H,4-12H2,1-3H3. The zero-order valence-corrected chi connectivity index (χ0v) is 16.4. The summed E-state index contributed by atoms with van der Waals surface area (Å²) in [5.74, 6) is 2.96. The van der Waals surface area contributed by atoms with Crippen LogP contribution in [0, 0.1) is 29.6 Å². The lowest BCUT2D eigenvalue weighted by Gasteiger charge is -2.42. The smallest absolute Gasteiger partial charge is 0.409 e. The van der Waals surface area contributed by atoms with Crippen LogP contribution >= 0.6 is 0 Å². The molecule has 0 spiro atoms. The first-order chi connectivity index (χ1) is 12.6. The SMILES string of the molecule is CCOC(=O)N1CC2CCC(C1)C2N1CC2C(C1)C2C(=O)N(CC)CC. The molecular formula is C20H33N3O3. The van der Waals surface area contributed by atoms with Gasteiger partial charge in [-0.3, -0.25) is 9.69 Å². The minimum Gasteiger partial charge on any atom is -0.450 e. The van der Waals surface area contributed by atoms with Crippen LogP contribution in [0.25, 0.3) is 0 Å². The quantitative estimate of drug-likeness (QED) is 0.749. The van der Waals surface area contributed by atoms with E-state index in [0.29, 0.717) is 42.2 Å². The highest BCUT2D eigenvalue weighted by Crippen LogP contribution is 2.55. The number of likely N-dealkylation sites (tertiary alicyclic amines) is 2. The van der Waals surface area contributed by atoms with Gasteiger partial charge in [0.25, 0.3) is 0 Å². The summed E-state index contributed by atoms with van der Waals surface area (Å²) in [6.07, 6.45) is 2.30. The molecule has 6 nitrogen and oxygen atoms in total. The maximum atomic E-state index is 12.6. The second-order valence-corrected chi connectivity index (χ2v) is 8.51. The maximum absolute atomic E-state index is 12.6. The van der Waals surface area contributed by atoms with Gasteiger partial charge in [0.05, 0.1) is 6.61 Å². The molecule has 26 heavy (non-hydrogen) atoms. The zero-order valence-electron chi connectivity index (χ0n) is 16.4. The van der Waals surface area contributed by atoms with E-state index < -0.39 is 0 Å². The lowest BCUT2D eigenvalue weighted by atomic mass is 9.90. The van der Waals surface area contributed by atoms with Crippen LogP contribution in [-0.4, -0.2) is 78.6 Å².